The van der Waals surface area contributed by atoms with Gasteiger partial charge in [0.05, 0.1) is 0 Å². The van der Waals surface area contributed by atoms with Gasteiger partial charge in [-0.2, -0.15) is 0 Å². The molecule has 74 heavy (non-hydrogen) atoms. The van der Waals surface area contributed by atoms with Crippen LogP contribution in [0.25, 0.3) is 0 Å². The van der Waals surface area contributed by atoms with Gasteiger partial charge in [0.25, 0.3) is 0 Å². The van der Waals surface area contributed by atoms with Crippen LogP contribution in [0.5, 0.6) is 0 Å². The Hall–Kier alpha value is -3.15. The Morgan fingerprint density at radius 2 is 0.527 bits per heavy atom. The maximum absolute atomic E-state index is 12.9. The number of unbranched alkanes of at least 4 members (excludes halogenated alkanes) is 35. The molecule has 0 aromatic rings. The van der Waals surface area contributed by atoms with Gasteiger partial charge in [-0.1, -0.05) is 286 Å². The van der Waals surface area contributed by atoms with Gasteiger partial charge in [-0.3, -0.25) is 14.4 Å². The summed E-state index contributed by atoms with van der Waals surface area (Å²) in [5, 5.41) is 0. The van der Waals surface area contributed by atoms with Gasteiger partial charge in [0.15, 0.2) is 6.10 Å². The van der Waals surface area contributed by atoms with E-state index in [1.54, 1.807) is 0 Å². The van der Waals surface area contributed by atoms with Gasteiger partial charge in [0.2, 0.25) is 0 Å². The molecule has 0 saturated carbocycles. The van der Waals surface area contributed by atoms with Crippen molar-refractivity contribution >= 4 is 17.9 Å². The van der Waals surface area contributed by atoms with Crippen molar-refractivity contribution in [2.45, 2.75) is 329 Å². The fourth-order valence-electron chi connectivity index (χ4n) is 9.17. The Morgan fingerprint density at radius 1 is 0.284 bits per heavy atom. The Labute approximate surface area is 459 Å². The molecule has 0 fully saturated rings. The molecule has 0 heterocycles. The van der Waals surface area contributed by atoms with E-state index in [0.29, 0.717) is 19.3 Å². The summed E-state index contributed by atoms with van der Waals surface area (Å²) in [5.74, 6) is -0.900. The van der Waals surface area contributed by atoms with Crippen LogP contribution in [0.1, 0.15) is 323 Å². The average molecular weight is 1030 g/mol. The highest BCUT2D eigenvalue weighted by atomic mass is 16.6. The smallest absolute Gasteiger partial charge is 0.306 e. The molecule has 6 heteroatoms. The van der Waals surface area contributed by atoms with Crippen LogP contribution >= 0.6 is 0 Å². The van der Waals surface area contributed by atoms with Crippen LogP contribution in [0.15, 0.2) is 72.9 Å². The van der Waals surface area contributed by atoms with Crippen molar-refractivity contribution in [3.63, 3.8) is 0 Å². The Kier molecular flexibility index (Phi) is 59.7. The quantitative estimate of drug-likeness (QED) is 0.0261. The fourth-order valence-corrected chi connectivity index (χ4v) is 9.17. The molecule has 0 rings (SSSR count). The number of hydrogen-bond donors (Lipinski definition) is 0. The first-order valence-electron chi connectivity index (χ1n) is 31.9. The summed E-state index contributed by atoms with van der Waals surface area (Å²) < 4.78 is 16.9. The minimum Gasteiger partial charge on any atom is -0.462 e. The molecule has 1 atom stereocenters. The molecule has 6 nitrogen and oxygen atoms in total. The zero-order chi connectivity index (χ0) is 53.6. The number of rotatable bonds is 58. The van der Waals surface area contributed by atoms with Gasteiger partial charge in [-0.25, -0.2) is 0 Å². The summed E-state index contributed by atoms with van der Waals surface area (Å²) in [6.45, 7) is 6.52. The van der Waals surface area contributed by atoms with E-state index in [1.165, 1.54) is 186 Å². The normalized spacial score (nSPS) is 12.5. The fraction of sp³-hybridized carbons (Fsp3) is 0.779. The predicted molar refractivity (Wildman–Crippen MR) is 321 cm³/mol. The zero-order valence-electron chi connectivity index (χ0n) is 49.1. The Morgan fingerprint density at radius 3 is 0.838 bits per heavy atom. The first kappa shape index (κ1) is 70.8. The van der Waals surface area contributed by atoms with Gasteiger partial charge in [0, 0.05) is 19.3 Å². The van der Waals surface area contributed by atoms with Crippen LogP contribution in [0, 0.1) is 0 Å². The minimum atomic E-state index is -0.787. The summed E-state index contributed by atoms with van der Waals surface area (Å²) in [7, 11) is 0. The van der Waals surface area contributed by atoms with Crippen LogP contribution in [0.2, 0.25) is 0 Å². The van der Waals surface area contributed by atoms with Gasteiger partial charge >= 0.3 is 17.9 Å². The van der Waals surface area contributed by atoms with E-state index < -0.39 is 6.10 Å². The van der Waals surface area contributed by atoms with Crippen LogP contribution in [0.4, 0.5) is 0 Å². The number of hydrogen-bond acceptors (Lipinski definition) is 6. The first-order chi connectivity index (χ1) is 36.5. The molecule has 0 aliphatic carbocycles. The van der Waals surface area contributed by atoms with Crippen molar-refractivity contribution in [2.24, 2.45) is 0 Å². The molecule has 428 valence electrons. The second-order valence-corrected chi connectivity index (χ2v) is 21.3. The summed E-state index contributed by atoms with van der Waals surface area (Å²) >= 11 is 0. The van der Waals surface area contributed by atoms with E-state index in [4.69, 9.17) is 14.2 Å². The molecular formula is C68H120O6. The van der Waals surface area contributed by atoms with Gasteiger partial charge in [-0.05, 0) is 89.9 Å². The zero-order valence-corrected chi connectivity index (χ0v) is 49.1. The predicted octanol–water partition coefficient (Wildman–Crippen LogP) is 21.7. The largest absolute Gasteiger partial charge is 0.462 e. The molecule has 0 aromatic heterocycles. The minimum absolute atomic E-state index is 0.0829. The van der Waals surface area contributed by atoms with Crippen molar-refractivity contribution in [1.29, 1.82) is 0 Å². The molecule has 0 amide bonds. The van der Waals surface area contributed by atoms with Crippen LogP contribution in [0.3, 0.4) is 0 Å². The maximum atomic E-state index is 12.9. The third kappa shape index (κ3) is 59.7. The molecule has 0 N–H and O–H groups in total. The Balaban J connectivity index is 4.26. The highest BCUT2D eigenvalue weighted by molar-refractivity contribution is 5.71. The van der Waals surface area contributed by atoms with Crippen LogP contribution < -0.4 is 0 Å². The van der Waals surface area contributed by atoms with E-state index in [0.717, 1.165) is 96.3 Å². The molecule has 0 spiro atoms. The van der Waals surface area contributed by atoms with Crippen LogP contribution in [-0.4, -0.2) is 37.2 Å². The molecule has 0 bridgehead atoms. The summed E-state index contributed by atoms with van der Waals surface area (Å²) in [6, 6.07) is 0. The number of carbonyl (C=O) groups is 3. The molecule has 0 aromatic carbocycles. The third-order valence-electron chi connectivity index (χ3n) is 13.9. The second-order valence-electron chi connectivity index (χ2n) is 21.3. The van der Waals surface area contributed by atoms with Crippen molar-refractivity contribution in [1.82, 2.24) is 0 Å². The SMILES string of the molecule is CC/C=C\C/C=C\C/C=C\CCCCCC(=O)OCC(COC(=O)CCCCCCCCCCCCCC/C=C\C/C=C\C/C=C\CCCCCCC)OC(=O)CCCCCCCCCCCCCCCCCC. The lowest BCUT2D eigenvalue weighted by Crippen LogP contribution is -2.30. The van der Waals surface area contributed by atoms with Crippen LogP contribution in [-0.2, 0) is 28.6 Å². The molecule has 0 radical (unpaired) electrons. The molecule has 1 unspecified atom stereocenters. The molecular weight excluding hydrogens is 913 g/mol. The van der Waals surface area contributed by atoms with E-state index in [9.17, 15) is 14.4 Å². The van der Waals surface area contributed by atoms with Crippen molar-refractivity contribution in [3.8, 4) is 0 Å². The topological polar surface area (TPSA) is 78.9 Å². The Bertz CT molecular complexity index is 1370. The standard InChI is InChI=1S/C68H120O6/c1-4-7-10-13-16-19-22-25-27-29-30-31-32-33-34-35-36-37-38-39-41-43-46-49-52-55-58-61-67(70)73-64-65(63-72-66(69)60-57-54-51-48-45-42-24-21-18-15-12-9-6-3)74-68(71)62-59-56-53-50-47-44-40-28-26-23-20-17-14-11-8-5-2/h9,12,18,21-22,25,29-30,32-33,42,45,65H,4-8,10-11,13-17,19-20,23-24,26-28,31,34-41,43-44,46-64H2,1-3H3/b12-9-,21-18-,25-22-,30-29-,33-32-,45-42-. The lowest BCUT2D eigenvalue weighted by molar-refractivity contribution is -0.167. The van der Waals surface area contributed by atoms with Crippen molar-refractivity contribution in [2.75, 3.05) is 13.2 Å². The second kappa shape index (κ2) is 62.4. The third-order valence-corrected chi connectivity index (χ3v) is 13.9. The summed E-state index contributed by atoms with van der Waals surface area (Å²) in [4.78, 5) is 38.2. The number of ether oxygens (including phenoxy) is 3. The molecule has 0 saturated heterocycles. The highest BCUT2D eigenvalue weighted by Crippen LogP contribution is 2.17. The van der Waals surface area contributed by atoms with E-state index in [2.05, 4.69) is 93.7 Å². The summed E-state index contributed by atoms with van der Waals surface area (Å²) in [6.07, 6.45) is 80.6. The van der Waals surface area contributed by atoms with E-state index in [1.807, 2.05) is 0 Å². The van der Waals surface area contributed by atoms with Crippen molar-refractivity contribution in [3.05, 3.63) is 72.9 Å². The lowest BCUT2D eigenvalue weighted by Gasteiger charge is -2.18. The summed E-state index contributed by atoms with van der Waals surface area (Å²) in [5.41, 5.74) is 0. The van der Waals surface area contributed by atoms with Gasteiger partial charge < -0.3 is 14.2 Å². The number of allylic oxidation sites excluding steroid dienone is 12. The van der Waals surface area contributed by atoms with E-state index >= 15 is 0 Å². The first-order valence-corrected chi connectivity index (χ1v) is 31.9. The van der Waals surface area contributed by atoms with Gasteiger partial charge in [-0.15, -0.1) is 0 Å². The van der Waals surface area contributed by atoms with E-state index in [-0.39, 0.29) is 31.1 Å². The van der Waals surface area contributed by atoms with Gasteiger partial charge in [0.1, 0.15) is 13.2 Å². The highest BCUT2D eigenvalue weighted by Gasteiger charge is 2.19. The van der Waals surface area contributed by atoms with Crippen molar-refractivity contribution < 1.29 is 28.6 Å². The average Bonchev–Trinajstić information content (AvgIpc) is 3.40. The number of carbonyl (C=O) groups excluding carboxylic acids is 3. The number of esters is 3. The molecule has 0 aliphatic rings. The molecule has 0 aliphatic heterocycles. The lowest BCUT2D eigenvalue weighted by atomic mass is 10.0. The monoisotopic (exact) mass is 1030 g/mol. The maximum Gasteiger partial charge on any atom is 0.306 e.